The first-order valence-electron chi connectivity index (χ1n) is 5.40. The number of anilines is 1. The molecule has 5 nitrogen and oxygen atoms in total. The SMILES string of the molecule is CN(C)Cc1ccc(NC(=O)OCCO)cc1. The summed E-state index contributed by atoms with van der Waals surface area (Å²) in [7, 11) is 4.00. The Kier molecular flexibility index (Phi) is 5.45. The maximum atomic E-state index is 11.2. The molecule has 1 aromatic rings. The van der Waals surface area contributed by atoms with Gasteiger partial charge < -0.3 is 14.7 Å². The van der Waals surface area contributed by atoms with Gasteiger partial charge in [-0.05, 0) is 31.8 Å². The minimum absolute atomic E-state index is 0.00451. The summed E-state index contributed by atoms with van der Waals surface area (Å²) in [6.45, 7) is 0.689. The Bertz CT molecular complexity index is 349. The van der Waals surface area contributed by atoms with Crippen molar-refractivity contribution in [2.24, 2.45) is 0 Å². The minimum Gasteiger partial charge on any atom is -0.447 e. The van der Waals surface area contributed by atoms with Crippen LogP contribution in [0.1, 0.15) is 5.56 Å². The number of ether oxygens (including phenoxy) is 1. The molecule has 94 valence electrons. The van der Waals surface area contributed by atoms with E-state index in [1.807, 2.05) is 38.4 Å². The van der Waals surface area contributed by atoms with E-state index in [9.17, 15) is 4.79 Å². The van der Waals surface area contributed by atoms with Crippen molar-refractivity contribution in [1.29, 1.82) is 0 Å². The highest BCUT2D eigenvalue weighted by Crippen LogP contribution is 2.10. The van der Waals surface area contributed by atoms with Gasteiger partial charge in [0.25, 0.3) is 0 Å². The molecule has 2 N–H and O–H groups in total. The zero-order valence-corrected chi connectivity index (χ0v) is 10.1. The Morgan fingerprint density at radius 1 is 1.35 bits per heavy atom. The summed E-state index contributed by atoms with van der Waals surface area (Å²) < 4.78 is 4.68. The summed E-state index contributed by atoms with van der Waals surface area (Å²) in [5.41, 5.74) is 1.85. The van der Waals surface area contributed by atoms with Crippen LogP contribution in [0.3, 0.4) is 0 Å². The van der Waals surface area contributed by atoms with Crippen LogP contribution in [-0.2, 0) is 11.3 Å². The molecule has 0 atom stereocenters. The van der Waals surface area contributed by atoms with Crippen molar-refractivity contribution >= 4 is 11.8 Å². The second-order valence-corrected chi connectivity index (χ2v) is 3.92. The summed E-state index contributed by atoms with van der Waals surface area (Å²) in [6.07, 6.45) is -0.556. The first-order chi connectivity index (χ1) is 8.11. The number of nitrogens with one attached hydrogen (secondary N) is 1. The Morgan fingerprint density at radius 2 is 2.00 bits per heavy atom. The van der Waals surface area contributed by atoms with Crippen LogP contribution in [0.25, 0.3) is 0 Å². The molecule has 5 heteroatoms. The predicted molar refractivity (Wildman–Crippen MR) is 65.9 cm³/mol. The average Bonchev–Trinajstić information content (AvgIpc) is 2.28. The summed E-state index contributed by atoms with van der Waals surface area (Å²) in [4.78, 5) is 13.2. The number of carbonyl (C=O) groups is 1. The average molecular weight is 238 g/mol. The summed E-state index contributed by atoms with van der Waals surface area (Å²) in [6, 6.07) is 7.53. The molecule has 17 heavy (non-hydrogen) atoms. The normalized spacial score (nSPS) is 10.4. The fourth-order valence-electron chi connectivity index (χ4n) is 1.35. The summed E-state index contributed by atoms with van der Waals surface area (Å²) in [5, 5.41) is 11.1. The molecule has 0 saturated carbocycles. The number of carbonyl (C=O) groups excluding carboxylic acids is 1. The van der Waals surface area contributed by atoms with E-state index >= 15 is 0 Å². The van der Waals surface area contributed by atoms with Gasteiger partial charge in [-0.25, -0.2) is 4.79 Å². The molecule has 0 spiro atoms. The molecule has 0 aromatic heterocycles. The van der Waals surface area contributed by atoms with E-state index in [4.69, 9.17) is 5.11 Å². The Morgan fingerprint density at radius 3 is 2.53 bits per heavy atom. The Hall–Kier alpha value is -1.59. The van der Waals surface area contributed by atoms with Gasteiger partial charge in [0.1, 0.15) is 6.61 Å². The van der Waals surface area contributed by atoms with Gasteiger partial charge >= 0.3 is 6.09 Å². The van der Waals surface area contributed by atoms with Gasteiger partial charge in [0.2, 0.25) is 0 Å². The molecule has 0 aliphatic rings. The molecule has 1 aromatic carbocycles. The van der Waals surface area contributed by atoms with Gasteiger partial charge in [-0.1, -0.05) is 12.1 Å². The van der Waals surface area contributed by atoms with E-state index in [2.05, 4.69) is 15.0 Å². The molecular weight excluding hydrogens is 220 g/mol. The lowest BCUT2D eigenvalue weighted by Gasteiger charge is -2.10. The number of nitrogens with zero attached hydrogens (tertiary/aromatic N) is 1. The van der Waals surface area contributed by atoms with Crippen molar-refractivity contribution in [3.8, 4) is 0 Å². The Balaban J connectivity index is 2.47. The van der Waals surface area contributed by atoms with Crippen molar-refractivity contribution in [3.63, 3.8) is 0 Å². The maximum Gasteiger partial charge on any atom is 0.411 e. The topological polar surface area (TPSA) is 61.8 Å². The molecule has 0 radical (unpaired) electrons. The number of amides is 1. The third kappa shape index (κ3) is 5.33. The van der Waals surface area contributed by atoms with E-state index in [1.165, 1.54) is 5.56 Å². The van der Waals surface area contributed by atoms with Gasteiger partial charge in [0.05, 0.1) is 6.61 Å². The molecule has 1 rings (SSSR count). The quantitative estimate of drug-likeness (QED) is 0.811. The van der Waals surface area contributed by atoms with Crippen LogP contribution in [0.2, 0.25) is 0 Å². The van der Waals surface area contributed by atoms with Crippen LogP contribution in [0.4, 0.5) is 10.5 Å². The molecule has 0 fully saturated rings. The number of aliphatic hydroxyl groups excluding tert-OH is 1. The minimum atomic E-state index is -0.556. The lowest BCUT2D eigenvalue weighted by molar-refractivity contribution is 0.131. The highest BCUT2D eigenvalue weighted by Gasteiger charge is 2.02. The van der Waals surface area contributed by atoms with Gasteiger partial charge in [0, 0.05) is 12.2 Å². The fourth-order valence-corrected chi connectivity index (χ4v) is 1.35. The van der Waals surface area contributed by atoms with Gasteiger partial charge in [0.15, 0.2) is 0 Å². The molecule has 0 heterocycles. The highest BCUT2D eigenvalue weighted by molar-refractivity contribution is 5.84. The van der Waals surface area contributed by atoms with E-state index in [0.29, 0.717) is 5.69 Å². The van der Waals surface area contributed by atoms with Crippen LogP contribution < -0.4 is 5.32 Å². The molecule has 0 bridgehead atoms. The van der Waals surface area contributed by atoms with Crippen LogP contribution >= 0.6 is 0 Å². The van der Waals surface area contributed by atoms with Gasteiger partial charge in [-0.15, -0.1) is 0 Å². The number of aliphatic hydroxyl groups is 1. The van der Waals surface area contributed by atoms with E-state index in [0.717, 1.165) is 6.54 Å². The van der Waals surface area contributed by atoms with E-state index in [1.54, 1.807) is 0 Å². The third-order valence-electron chi connectivity index (χ3n) is 2.02. The zero-order chi connectivity index (χ0) is 12.7. The lowest BCUT2D eigenvalue weighted by atomic mass is 10.2. The smallest absolute Gasteiger partial charge is 0.411 e. The highest BCUT2D eigenvalue weighted by atomic mass is 16.6. The molecule has 0 saturated heterocycles. The van der Waals surface area contributed by atoms with Crippen LogP contribution in [0.15, 0.2) is 24.3 Å². The van der Waals surface area contributed by atoms with Crippen molar-refractivity contribution in [3.05, 3.63) is 29.8 Å². The van der Waals surface area contributed by atoms with Crippen molar-refractivity contribution in [2.75, 3.05) is 32.6 Å². The molecular formula is C12H18N2O3. The first-order valence-corrected chi connectivity index (χ1v) is 5.40. The monoisotopic (exact) mass is 238 g/mol. The third-order valence-corrected chi connectivity index (χ3v) is 2.02. The van der Waals surface area contributed by atoms with Crippen LogP contribution in [0, 0.1) is 0 Å². The molecule has 1 amide bonds. The predicted octanol–water partition coefficient (Wildman–Crippen LogP) is 1.29. The number of benzene rings is 1. The summed E-state index contributed by atoms with van der Waals surface area (Å²) in [5.74, 6) is 0. The molecule has 0 aliphatic heterocycles. The van der Waals surface area contributed by atoms with Crippen LogP contribution in [-0.4, -0.2) is 43.4 Å². The van der Waals surface area contributed by atoms with E-state index < -0.39 is 6.09 Å². The maximum absolute atomic E-state index is 11.2. The number of hydrogen-bond acceptors (Lipinski definition) is 4. The van der Waals surface area contributed by atoms with Crippen molar-refractivity contribution in [1.82, 2.24) is 4.90 Å². The standard InChI is InChI=1S/C12H18N2O3/c1-14(2)9-10-3-5-11(6-4-10)13-12(16)17-8-7-15/h3-6,15H,7-9H2,1-2H3,(H,13,16). The van der Waals surface area contributed by atoms with Crippen LogP contribution in [0.5, 0.6) is 0 Å². The number of hydrogen-bond donors (Lipinski definition) is 2. The zero-order valence-electron chi connectivity index (χ0n) is 10.1. The second kappa shape index (κ2) is 6.88. The van der Waals surface area contributed by atoms with Gasteiger partial charge in [-0.2, -0.15) is 0 Å². The summed E-state index contributed by atoms with van der Waals surface area (Å²) >= 11 is 0. The lowest BCUT2D eigenvalue weighted by Crippen LogP contribution is -2.16. The number of rotatable bonds is 5. The largest absolute Gasteiger partial charge is 0.447 e. The molecule has 0 unspecified atom stereocenters. The van der Waals surface area contributed by atoms with Crippen molar-refractivity contribution < 1.29 is 14.6 Å². The Labute approximate surface area is 101 Å². The first kappa shape index (κ1) is 13.5. The van der Waals surface area contributed by atoms with Crippen molar-refractivity contribution in [2.45, 2.75) is 6.54 Å². The molecule has 0 aliphatic carbocycles. The van der Waals surface area contributed by atoms with E-state index in [-0.39, 0.29) is 13.2 Å². The second-order valence-electron chi connectivity index (χ2n) is 3.92. The van der Waals surface area contributed by atoms with Gasteiger partial charge in [-0.3, -0.25) is 5.32 Å². The fraction of sp³-hybridized carbons (Fsp3) is 0.417.